The number of aryl methyl sites for hydroxylation is 1. The Morgan fingerprint density at radius 1 is 1.23 bits per heavy atom. The van der Waals surface area contributed by atoms with Gasteiger partial charge in [0.15, 0.2) is 0 Å². The van der Waals surface area contributed by atoms with Gasteiger partial charge in [-0.2, -0.15) is 0 Å². The highest BCUT2D eigenvalue weighted by Gasteiger charge is 2.34. The number of benzene rings is 1. The van der Waals surface area contributed by atoms with Crippen molar-refractivity contribution >= 4 is 12.4 Å². The van der Waals surface area contributed by atoms with E-state index in [2.05, 4.69) is 17.5 Å². The van der Waals surface area contributed by atoms with Crippen LogP contribution < -0.4 is 10.1 Å². The molecule has 1 aromatic carbocycles. The molecule has 22 heavy (non-hydrogen) atoms. The number of hydrogen-bond donors (Lipinski definition) is 2. The molecule has 0 aromatic heterocycles. The first kappa shape index (κ1) is 17.3. The molecule has 0 saturated heterocycles. The van der Waals surface area contributed by atoms with Crippen LogP contribution in [0.3, 0.4) is 0 Å². The van der Waals surface area contributed by atoms with Gasteiger partial charge >= 0.3 is 0 Å². The van der Waals surface area contributed by atoms with E-state index in [0.29, 0.717) is 13.2 Å². The molecule has 1 aromatic rings. The average Bonchev–Trinajstić information content (AvgIpc) is 3.09. The molecule has 0 amide bonds. The van der Waals surface area contributed by atoms with Crippen LogP contribution in [0.4, 0.5) is 0 Å². The van der Waals surface area contributed by atoms with Gasteiger partial charge in [0.25, 0.3) is 0 Å². The van der Waals surface area contributed by atoms with Gasteiger partial charge in [-0.25, -0.2) is 0 Å². The predicted molar refractivity (Wildman–Crippen MR) is 91.6 cm³/mol. The van der Waals surface area contributed by atoms with Gasteiger partial charge in [-0.05, 0) is 56.2 Å². The highest BCUT2D eigenvalue weighted by molar-refractivity contribution is 5.85. The van der Waals surface area contributed by atoms with E-state index in [1.165, 1.54) is 18.4 Å². The molecular formula is C18H26ClNO2. The molecule has 122 valence electrons. The van der Waals surface area contributed by atoms with Crippen molar-refractivity contribution in [3.8, 4) is 5.75 Å². The molecule has 0 aliphatic heterocycles. The van der Waals surface area contributed by atoms with Crippen LogP contribution in [0, 0.1) is 24.7 Å². The zero-order valence-electron chi connectivity index (χ0n) is 13.1. The van der Waals surface area contributed by atoms with Crippen molar-refractivity contribution in [3.05, 3.63) is 42.0 Å². The SMILES string of the molecule is Cc1ccc(OCC(O)CNCC2CC3C=CC2C3)cc1.Cl. The normalized spacial score (nSPS) is 26.7. The van der Waals surface area contributed by atoms with Crippen molar-refractivity contribution in [1.82, 2.24) is 5.32 Å². The molecule has 4 atom stereocenters. The number of hydrogen-bond acceptors (Lipinski definition) is 3. The Morgan fingerprint density at radius 2 is 2.00 bits per heavy atom. The molecule has 3 rings (SSSR count). The molecular weight excluding hydrogens is 298 g/mol. The van der Waals surface area contributed by atoms with Crippen molar-refractivity contribution in [2.45, 2.75) is 25.9 Å². The summed E-state index contributed by atoms with van der Waals surface area (Å²) in [5, 5.41) is 13.4. The Bertz CT molecular complexity index is 488. The summed E-state index contributed by atoms with van der Waals surface area (Å²) in [5.74, 6) is 3.16. The van der Waals surface area contributed by atoms with Gasteiger partial charge < -0.3 is 15.2 Å². The Hall–Kier alpha value is -1.03. The lowest BCUT2D eigenvalue weighted by molar-refractivity contribution is 0.105. The molecule has 0 radical (unpaired) electrons. The Labute approximate surface area is 139 Å². The van der Waals surface area contributed by atoms with Gasteiger partial charge in [-0.15, -0.1) is 12.4 Å². The van der Waals surface area contributed by atoms with E-state index in [9.17, 15) is 5.11 Å². The van der Waals surface area contributed by atoms with E-state index >= 15 is 0 Å². The quantitative estimate of drug-likeness (QED) is 0.758. The Balaban J connectivity index is 0.00000176. The predicted octanol–water partition coefficient (Wildman–Crippen LogP) is 2.96. The third kappa shape index (κ3) is 4.48. The van der Waals surface area contributed by atoms with Gasteiger partial charge in [-0.1, -0.05) is 29.8 Å². The molecule has 2 bridgehead atoms. The van der Waals surface area contributed by atoms with Gasteiger partial charge in [0.1, 0.15) is 18.5 Å². The van der Waals surface area contributed by atoms with Gasteiger partial charge in [0.2, 0.25) is 0 Å². The second-order valence-corrected chi connectivity index (χ2v) is 6.48. The van der Waals surface area contributed by atoms with Crippen LogP contribution in [-0.2, 0) is 0 Å². The number of rotatable bonds is 7. The number of ether oxygens (including phenoxy) is 1. The lowest BCUT2D eigenvalue weighted by atomic mass is 9.93. The summed E-state index contributed by atoms with van der Waals surface area (Å²) in [6, 6.07) is 7.92. The minimum absolute atomic E-state index is 0. The van der Waals surface area contributed by atoms with Crippen molar-refractivity contribution in [3.63, 3.8) is 0 Å². The molecule has 2 N–H and O–H groups in total. The van der Waals surface area contributed by atoms with E-state index < -0.39 is 6.10 Å². The maximum absolute atomic E-state index is 9.97. The van der Waals surface area contributed by atoms with E-state index in [1.807, 2.05) is 31.2 Å². The molecule has 4 heteroatoms. The largest absolute Gasteiger partial charge is 0.491 e. The number of nitrogens with one attached hydrogen (secondary N) is 1. The first-order chi connectivity index (χ1) is 10.2. The number of aliphatic hydroxyl groups is 1. The first-order valence-corrected chi connectivity index (χ1v) is 7.97. The lowest BCUT2D eigenvalue weighted by Gasteiger charge is -2.20. The molecule has 1 fully saturated rings. The lowest BCUT2D eigenvalue weighted by Crippen LogP contribution is -2.35. The van der Waals surface area contributed by atoms with Crippen LogP contribution in [0.25, 0.3) is 0 Å². The van der Waals surface area contributed by atoms with E-state index in [1.54, 1.807) is 0 Å². The maximum atomic E-state index is 9.97. The van der Waals surface area contributed by atoms with Crippen molar-refractivity contribution < 1.29 is 9.84 Å². The molecule has 2 aliphatic rings. The standard InChI is InChI=1S/C18H25NO2.ClH/c1-13-2-6-18(7-3-13)21-12-17(20)11-19-10-16-9-14-4-5-15(16)8-14;/h2-7,14-17,19-20H,8-12H2,1H3;1H. The fourth-order valence-corrected chi connectivity index (χ4v) is 3.45. The van der Waals surface area contributed by atoms with Crippen molar-refractivity contribution in [2.75, 3.05) is 19.7 Å². The monoisotopic (exact) mass is 323 g/mol. The summed E-state index contributed by atoms with van der Waals surface area (Å²) >= 11 is 0. The zero-order valence-corrected chi connectivity index (χ0v) is 13.9. The Kier molecular flexibility index (Phi) is 6.30. The van der Waals surface area contributed by atoms with Crippen LogP contribution in [0.15, 0.2) is 36.4 Å². The highest BCUT2D eigenvalue weighted by atomic mass is 35.5. The third-order valence-corrected chi connectivity index (χ3v) is 4.67. The molecule has 0 heterocycles. The fraction of sp³-hybridized carbons (Fsp3) is 0.556. The number of aliphatic hydroxyl groups excluding tert-OH is 1. The van der Waals surface area contributed by atoms with Crippen LogP contribution in [0.1, 0.15) is 18.4 Å². The summed E-state index contributed by atoms with van der Waals surface area (Å²) in [7, 11) is 0. The van der Waals surface area contributed by atoms with Crippen molar-refractivity contribution in [2.24, 2.45) is 17.8 Å². The van der Waals surface area contributed by atoms with E-state index in [-0.39, 0.29) is 12.4 Å². The van der Waals surface area contributed by atoms with Crippen LogP contribution >= 0.6 is 12.4 Å². The van der Waals surface area contributed by atoms with Crippen LogP contribution in [0.2, 0.25) is 0 Å². The molecule has 2 aliphatic carbocycles. The minimum Gasteiger partial charge on any atom is -0.491 e. The molecule has 4 unspecified atom stereocenters. The molecule has 3 nitrogen and oxygen atoms in total. The second-order valence-electron chi connectivity index (χ2n) is 6.48. The summed E-state index contributed by atoms with van der Waals surface area (Å²) in [6.07, 6.45) is 6.93. The van der Waals surface area contributed by atoms with Gasteiger partial charge in [-0.3, -0.25) is 0 Å². The zero-order chi connectivity index (χ0) is 14.7. The Morgan fingerprint density at radius 3 is 2.64 bits per heavy atom. The van der Waals surface area contributed by atoms with Gasteiger partial charge in [0.05, 0.1) is 0 Å². The van der Waals surface area contributed by atoms with E-state index in [4.69, 9.17) is 4.74 Å². The number of fused-ring (bicyclic) bond motifs is 2. The minimum atomic E-state index is -0.458. The van der Waals surface area contributed by atoms with Gasteiger partial charge in [0, 0.05) is 6.54 Å². The maximum Gasteiger partial charge on any atom is 0.119 e. The summed E-state index contributed by atoms with van der Waals surface area (Å²) in [4.78, 5) is 0. The highest BCUT2D eigenvalue weighted by Crippen LogP contribution is 2.42. The van der Waals surface area contributed by atoms with Crippen molar-refractivity contribution in [1.29, 1.82) is 0 Å². The summed E-state index contributed by atoms with van der Waals surface area (Å²) in [5.41, 5.74) is 1.21. The summed E-state index contributed by atoms with van der Waals surface area (Å²) < 4.78 is 5.59. The van der Waals surface area contributed by atoms with Crippen LogP contribution in [0.5, 0.6) is 5.75 Å². The molecule has 1 saturated carbocycles. The second kappa shape index (κ2) is 8.00. The fourth-order valence-electron chi connectivity index (χ4n) is 3.45. The average molecular weight is 324 g/mol. The smallest absolute Gasteiger partial charge is 0.119 e. The molecule has 0 spiro atoms. The third-order valence-electron chi connectivity index (χ3n) is 4.67. The van der Waals surface area contributed by atoms with E-state index in [0.717, 1.165) is 30.0 Å². The topological polar surface area (TPSA) is 41.5 Å². The number of allylic oxidation sites excluding steroid dienone is 2. The van der Waals surface area contributed by atoms with Crippen LogP contribution in [-0.4, -0.2) is 30.9 Å². The summed E-state index contributed by atoms with van der Waals surface area (Å²) in [6.45, 7) is 4.00. The first-order valence-electron chi connectivity index (χ1n) is 7.97. The number of halogens is 1.